The minimum absolute atomic E-state index is 0.179. The molecule has 1 heterocycles. The number of halogens is 2. The van der Waals surface area contributed by atoms with E-state index in [-0.39, 0.29) is 12.3 Å². The van der Waals surface area contributed by atoms with Crippen LogP contribution in [0.5, 0.6) is 0 Å². The van der Waals surface area contributed by atoms with Crippen LogP contribution in [-0.4, -0.2) is 14.7 Å². The number of hydrogen-bond donors (Lipinski definition) is 1. The highest BCUT2D eigenvalue weighted by atomic mass is 35.5. The topological polar surface area (TPSA) is 46.0 Å². The van der Waals surface area contributed by atoms with Crippen LogP contribution in [0.3, 0.4) is 0 Å². The highest BCUT2D eigenvalue weighted by Crippen LogP contribution is 2.29. The Morgan fingerprint density at radius 3 is 2.79 bits per heavy atom. The van der Waals surface area contributed by atoms with Gasteiger partial charge in [-0.05, 0) is 35.1 Å². The van der Waals surface area contributed by atoms with E-state index in [1.807, 2.05) is 13.8 Å². The van der Waals surface area contributed by atoms with Gasteiger partial charge in [-0.25, -0.2) is 4.39 Å². The van der Waals surface area contributed by atoms with Crippen molar-refractivity contribution in [1.29, 1.82) is 0 Å². The van der Waals surface area contributed by atoms with Crippen molar-refractivity contribution < 1.29 is 9.50 Å². The summed E-state index contributed by atoms with van der Waals surface area (Å²) in [5.41, 5.74) is 1.20. The first-order chi connectivity index (χ1) is 8.99. The highest BCUT2D eigenvalue weighted by Gasteiger charge is 2.20. The largest absolute Gasteiger partial charge is 0.387 e. The third-order valence-corrected chi connectivity index (χ3v) is 3.89. The maximum Gasteiger partial charge on any atom is 0.127 e. The van der Waals surface area contributed by atoms with Gasteiger partial charge in [0.25, 0.3) is 0 Å². The molecule has 1 N–H and O–H groups in total. The van der Waals surface area contributed by atoms with E-state index < -0.39 is 11.9 Å². The number of aromatic nitrogens is 2. The minimum Gasteiger partial charge on any atom is -0.387 e. The fourth-order valence-corrected chi connectivity index (χ4v) is 2.77. The van der Waals surface area contributed by atoms with Gasteiger partial charge >= 0.3 is 0 Å². The average Bonchev–Trinajstić information content (AvgIpc) is 2.82. The summed E-state index contributed by atoms with van der Waals surface area (Å²) < 4.78 is 17.5. The maximum absolute atomic E-state index is 13.7. The fraction of sp³-hybridized carbons (Fsp3) is 0.385. The molecule has 0 fully saturated rings. The Labute approximate surface area is 120 Å². The molecule has 0 amide bonds. The summed E-state index contributed by atoms with van der Waals surface area (Å²) in [5, 5.41) is 14.6. The Bertz CT molecular complexity index is 574. The van der Waals surface area contributed by atoms with Gasteiger partial charge in [0.15, 0.2) is 0 Å². The number of hydrogen-bond acceptors (Lipinski definition) is 4. The summed E-state index contributed by atoms with van der Waals surface area (Å²) in [7, 11) is 0. The molecule has 0 aliphatic rings. The van der Waals surface area contributed by atoms with E-state index in [4.69, 9.17) is 11.6 Å². The molecule has 0 saturated carbocycles. The van der Waals surface area contributed by atoms with Gasteiger partial charge in [-0.2, -0.15) is 0 Å². The van der Waals surface area contributed by atoms with E-state index in [9.17, 15) is 9.50 Å². The van der Waals surface area contributed by atoms with Crippen molar-refractivity contribution in [2.24, 2.45) is 0 Å². The molecule has 102 valence electrons. The lowest BCUT2D eigenvalue weighted by molar-refractivity contribution is 0.179. The first-order valence-corrected chi connectivity index (χ1v) is 7.08. The van der Waals surface area contributed by atoms with Gasteiger partial charge in [0, 0.05) is 11.4 Å². The zero-order chi connectivity index (χ0) is 14.0. The van der Waals surface area contributed by atoms with E-state index in [1.54, 1.807) is 12.1 Å². The van der Waals surface area contributed by atoms with Crippen LogP contribution in [0.1, 0.15) is 42.0 Å². The number of benzene rings is 1. The zero-order valence-corrected chi connectivity index (χ0v) is 12.2. The van der Waals surface area contributed by atoms with E-state index in [1.165, 1.54) is 6.07 Å². The summed E-state index contributed by atoms with van der Waals surface area (Å²) in [5.74, 6) is -0.228. The first-order valence-electron chi connectivity index (χ1n) is 5.93. The molecule has 2 aromatic rings. The first kappa shape index (κ1) is 14.4. The standard InChI is InChI=1S/C13H14ClFN2OS/c1-7(2)12-13(19-17-16-12)11(18)5-8-3-4-9(14)6-10(8)15/h3-4,6-7,11,18H,5H2,1-2H3. The van der Waals surface area contributed by atoms with Gasteiger partial charge < -0.3 is 5.11 Å². The van der Waals surface area contributed by atoms with Crippen LogP contribution in [0.2, 0.25) is 5.02 Å². The second-order valence-corrected chi connectivity index (χ2v) is 5.85. The third-order valence-electron chi connectivity index (χ3n) is 2.82. The Morgan fingerprint density at radius 1 is 1.42 bits per heavy atom. The van der Waals surface area contributed by atoms with Gasteiger partial charge in [0.2, 0.25) is 0 Å². The van der Waals surface area contributed by atoms with Crippen molar-refractivity contribution in [3.63, 3.8) is 0 Å². The smallest absolute Gasteiger partial charge is 0.127 e. The Morgan fingerprint density at radius 2 is 2.16 bits per heavy atom. The van der Waals surface area contributed by atoms with Gasteiger partial charge in [-0.1, -0.05) is 36.0 Å². The average molecular weight is 301 g/mol. The number of rotatable bonds is 4. The summed E-state index contributed by atoms with van der Waals surface area (Å²) in [6.45, 7) is 3.96. The van der Waals surface area contributed by atoms with E-state index in [2.05, 4.69) is 9.59 Å². The maximum atomic E-state index is 13.7. The lowest BCUT2D eigenvalue weighted by Crippen LogP contribution is -2.05. The number of nitrogens with zero attached hydrogens (tertiary/aromatic N) is 2. The second-order valence-electron chi connectivity index (χ2n) is 4.63. The van der Waals surface area contributed by atoms with Crippen LogP contribution in [0.15, 0.2) is 18.2 Å². The predicted octanol–water partition coefficient (Wildman–Crippen LogP) is 3.73. The van der Waals surface area contributed by atoms with Crippen molar-refractivity contribution in [1.82, 2.24) is 9.59 Å². The molecular weight excluding hydrogens is 287 g/mol. The molecule has 0 spiro atoms. The zero-order valence-electron chi connectivity index (χ0n) is 10.6. The van der Waals surface area contributed by atoms with Gasteiger partial charge in [-0.3, -0.25) is 0 Å². The molecular formula is C13H14ClFN2OS. The van der Waals surface area contributed by atoms with E-state index >= 15 is 0 Å². The van der Waals surface area contributed by atoms with Crippen LogP contribution >= 0.6 is 23.1 Å². The van der Waals surface area contributed by atoms with Gasteiger partial charge in [0.1, 0.15) is 5.82 Å². The molecule has 19 heavy (non-hydrogen) atoms. The van der Waals surface area contributed by atoms with Crippen molar-refractivity contribution in [3.05, 3.63) is 45.2 Å². The molecule has 0 saturated heterocycles. The Balaban J connectivity index is 2.21. The van der Waals surface area contributed by atoms with Gasteiger partial charge in [-0.15, -0.1) is 5.10 Å². The minimum atomic E-state index is -0.798. The molecule has 1 unspecified atom stereocenters. The molecule has 3 nitrogen and oxygen atoms in total. The lowest BCUT2D eigenvalue weighted by Gasteiger charge is -2.12. The number of aliphatic hydroxyl groups is 1. The van der Waals surface area contributed by atoms with Gasteiger partial charge in [0.05, 0.1) is 16.7 Å². The Hall–Kier alpha value is -1.04. The molecule has 0 aliphatic heterocycles. The van der Waals surface area contributed by atoms with Crippen molar-refractivity contribution in [2.75, 3.05) is 0 Å². The molecule has 1 aromatic carbocycles. The van der Waals surface area contributed by atoms with Crippen LogP contribution < -0.4 is 0 Å². The van der Waals surface area contributed by atoms with Crippen LogP contribution in [0, 0.1) is 5.82 Å². The molecule has 0 aliphatic carbocycles. The van der Waals surface area contributed by atoms with E-state index in [0.29, 0.717) is 15.5 Å². The monoisotopic (exact) mass is 300 g/mol. The second kappa shape index (κ2) is 5.94. The van der Waals surface area contributed by atoms with E-state index in [0.717, 1.165) is 17.2 Å². The summed E-state index contributed by atoms with van der Waals surface area (Å²) in [4.78, 5) is 0.698. The molecule has 1 atom stereocenters. The third kappa shape index (κ3) is 3.29. The van der Waals surface area contributed by atoms with Crippen molar-refractivity contribution >= 4 is 23.1 Å². The predicted molar refractivity (Wildman–Crippen MR) is 74.1 cm³/mol. The van der Waals surface area contributed by atoms with Crippen LogP contribution in [-0.2, 0) is 6.42 Å². The Kier molecular flexibility index (Phi) is 4.50. The summed E-state index contributed by atoms with van der Waals surface area (Å²) in [6, 6.07) is 4.45. The molecule has 1 aromatic heterocycles. The van der Waals surface area contributed by atoms with Crippen LogP contribution in [0.4, 0.5) is 4.39 Å². The summed E-state index contributed by atoms with van der Waals surface area (Å²) >= 11 is 6.85. The van der Waals surface area contributed by atoms with Crippen LogP contribution in [0.25, 0.3) is 0 Å². The summed E-state index contributed by atoms with van der Waals surface area (Å²) in [6.07, 6.45) is -0.611. The van der Waals surface area contributed by atoms with Crippen molar-refractivity contribution in [2.45, 2.75) is 32.3 Å². The highest BCUT2D eigenvalue weighted by molar-refractivity contribution is 7.05. The molecule has 6 heteroatoms. The molecule has 0 radical (unpaired) electrons. The SMILES string of the molecule is CC(C)c1nnsc1C(O)Cc1ccc(Cl)cc1F. The fourth-order valence-electron chi connectivity index (χ4n) is 1.82. The molecule has 2 rings (SSSR count). The normalized spacial score (nSPS) is 12.9. The molecule has 0 bridgehead atoms. The number of aliphatic hydroxyl groups excluding tert-OH is 1. The van der Waals surface area contributed by atoms with Crippen molar-refractivity contribution in [3.8, 4) is 0 Å². The quantitative estimate of drug-likeness (QED) is 0.936. The lowest BCUT2D eigenvalue weighted by atomic mass is 10.0.